The van der Waals surface area contributed by atoms with Gasteiger partial charge in [-0.3, -0.25) is 4.68 Å². The Morgan fingerprint density at radius 2 is 1.86 bits per heavy atom. The van der Waals surface area contributed by atoms with Crippen molar-refractivity contribution in [3.05, 3.63) is 53.9 Å². The minimum Gasteiger partial charge on any atom is -0.326 e. The maximum atomic E-state index is 5.52. The third kappa shape index (κ3) is 2.00. The first-order chi connectivity index (χ1) is 6.88. The maximum Gasteiger partial charge on any atom is 0.0659 e. The molecule has 0 spiro atoms. The van der Waals surface area contributed by atoms with Crippen molar-refractivity contribution in [3.8, 4) is 0 Å². The number of nitrogens with two attached hydrogens (primary N) is 1. The van der Waals surface area contributed by atoms with Crippen molar-refractivity contribution in [2.75, 3.05) is 0 Å². The van der Waals surface area contributed by atoms with Crippen LogP contribution in [-0.4, -0.2) is 9.78 Å². The normalized spacial score (nSPS) is 10.4. The predicted molar refractivity (Wildman–Crippen MR) is 55.7 cm³/mol. The molecule has 0 radical (unpaired) electrons. The Balaban J connectivity index is 2.10. The number of rotatable bonds is 3. The van der Waals surface area contributed by atoms with Crippen LogP contribution < -0.4 is 5.73 Å². The summed E-state index contributed by atoms with van der Waals surface area (Å²) in [6.07, 6.45) is 3.74. The molecular weight excluding hydrogens is 174 g/mol. The topological polar surface area (TPSA) is 43.8 Å². The lowest BCUT2D eigenvalue weighted by Gasteiger charge is -2.02. The zero-order valence-electron chi connectivity index (χ0n) is 7.93. The molecular formula is C11H13N3. The van der Waals surface area contributed by atoms with E-state index < -0.39 is 0 Å². The molecule has 2 aromatic rings. The molecule has 2 rings (SSSR count). The zero-order chi connectivity index (χ0) is 9.80. The van der Waals surface area contributed by atoms with Crippen molar-refractivity contribution in [2.24, 2.45) is 5.73 Å². The first kappa shape index (κ1) is 8.97. The molecule has 3 heteroatoms. The zero-order valence-corrected chi connectivity index (χ0v) is 7.93. The molecule has 0 fully saturated rings. The molecule has 3 nitrogen and oxygen atoms in total. The van der Waals surface area contributed by atoms with Gasteiger partial charge >= 0.3 is 0 Å². The maximum absolute atomic E-state index is 5.52. The van der Waals surface area contributed by atoms with E-state index in [0.717, 1.165) is 12.1 Å². The van der Waals surface area contributed by atoms with Crippen LogP contribution in [0.5, 0.6) is 0 Å². The third-order valence-electron chi connectivity index (χ3n) is 2.16. The van der Waals surface area contributed by atoms with Crippen LogP contribution in [0.25, 0.3) is 0 Å². The summed E-state index contributed by atoms with van der Waals surface area (Å²) in [5.41, 5.74) is 7.92. The van der Waals surface area contributed by atoms with Crippen molar-refractivity contribution in [2.45, 2.75) is 13.1 Å². The summed E-state index contributed by atoms with van der Waals surface area (Å²) in [5, 5.41) is 4.15. The summed E-state index contributed by atoms with van der Waals surface area (Å²) < 4.78 is 1.90. The van der Waals surface area contributed by atoms with Crippen LogP contribution in [0.2, 0.25) is 0 Å². The molecule has 0 bridgehead atoms. The Kier molecular flexibility index (Phi) is 2.60. The lowest BCUT2D eigenvalue weighted by Crippen LogP contribution is -2.01. The van der Waals surface area contributed by atoms with Gasteiger partial charge in [0.2, 0.25) is 0 Å². The van der Waals surface area contributed by atoms with E-state index in [0.29, 0.717) is 6.54 Å². The lowest BCUT2D eigenvalue weighted by molar-refractivity contribution is 0.686. The SMILES string of the molecule is NCc1ccc(Cn2cccn2)cc1. The van der Waals surface area contributed by atoms with Gasteiger partial charge < -0.3 is 5.73 Å². The molecule has 0 saturated carbocycles. The van der Waals surface area contributed by atoms with Gasteiger partial charge in [0.15, 0.2) is 0 Å². The van der Waals surface area contributed by atoms with Gasteiger partial charge in [-0.2, -0.15) is 5.10 Å². The second-order valence-electron chi connectivity index (χ2n) is 3.22. The minimum absolute atomic E-state index is 0.599. The summed E-state index contributed by atoms with van der Waals surface area (Å²) in [5.74, 6) is 0. The lowest BCUT2D eigenvalue weighted by atomic mass is 10.1. The largest absolute Gasteiger partial charge is 0.326 e. The summed E-state index contributed by atoms with van der Waals surface area (Å²) >= 11 is 0. The molecule has 1 heterocycles. The van der Waals surface area contributed by atoms with Gasteiger partial charge in [0.05, 0.1) is 6.54 Å². The van der Waals surface area contributed by atoms with Crippen LogP contribution in [0.15, 0.2) is 42.7 Å². The molecule has 0 atom stereocenters. The predicted octanol–water partition coefficient (Wildman–Crippen LogP) is 1.39. The van der Waals surface area contributed by atoms with Crippen molar-refractivity contribution in [3.63, 3.8) is 0 Å². The van der Waals surface area contributed by atoms with E-state index in [1.54, 1.807) is 6.20 Å². The van der Waals surface area contributed by atoms with E-state index >= 15 is 0 Å². The standard InChI is InChI=1S/C11H13N3/c12-8-10-2-4-11(5-3-10)9-14-7-1-6-13-14/h1-7H,8-9,12H2. The highest BCUT2D eigenvalue weighted by Gasteiger charge is 1.94. The molecule has 2 N–H and O–H groups in total. The molecule has 14 heavy (non-hydrogen) atoms. The van der Waals surface area contributed by atoms with Crippen molar-refractivity contribution in [1.29, 1.82) is 0 Å². The number of hydrogen-bond acceptors (Lipinski definition) is 2. The van der Waals surface area contributed by atoms with Crippen molar-refractivity contribution >= 4 is 0 Å². The van der Waals surface area contributed by atoms with Crippen LogP contribution >= 0.6 is 0 Å². The van der Waals surface area contributed by atoms with Crippen LogP contribution in [0.4, 0.5) is 0 Å². The summed E-state index contributed by atoms with van der Waals surface area (Å²) in [6, 6.07) is 10.2. The Bertz CT molecular complexity index is 375. The van der Waals surface area contributed by atoms with E-state index in [4.69, 9.17) is 5.73 Å². The fraction of sp³-hybridized carbons (Fsp3) is 0.182. The number of nitrogens with zero attached hydrogens (tertiary/aromatic N) is 2. The second-order valence-corrected chi connectivity index (χ2v) is 3.22. The average Bonchev–Trinajstić information content (AvgIpc) is 2.72. The number of benzene rings is 1. The first-order valence-corrected chi connectivity index (χ1v) is 4.64. The van der Waals surface area contributed by atoms with Gasteiger partial charge in [-0.25, -0.2) is 0 Å². The van der Waals surface area contributed by atoms with Gasteiger partial charge in [0.1, 0.15) is 0 Å². The highest BCUT2D eigenvalue weighted by molar-refractivity contribution is 5.22. The van der Waals surface area contributed by atoms with E-state index in [1.165, 1.54) is 5.56 Å². The van der Waals surface area contributed by atoms with Gasteiger partial charge in [0.25, 0.3) is 0 Å². The molecule has 72 valence electrons. The molecule has 1 aromatic heterocycles. The van der Waals surface area contributed by atoms with Crippen molar-refractivity contribution in [1.82, 2.24) is 9.78 Å². The summed E-state index contributed by atoms with van der Waals surface area (Å²) in [6.45, 7) is 1.42. The van der Waals surface area contributed by atoms with Crippen LogP contribution in [0.3, 0.4) is 0 Å². The second kappa shape index (κ2) is 4.07. The first-order valence-electron chi connectivity index (χ1n) is 4.64. The Labute approximate surface area is 83.2 Å². The Morgan fingerprint density at radius 1 is 1.14 bits per heavy atom. The van der Waals surface area contributed by atoms with Crippen LogP contribution in [-0.2, 0) is 13.1 Å². The highest BCUT2D eigenvalue weighted by Crippen LogP contribution is 2.05. The smallest absolute Gasteiger partial charge is 0.0659 e. The van der Waals surface area contributed by atoms with Crippen molar-refractivity contribution < 1.29 is 0 Å². The van der Waals surface area contributed by atoms with Crippen LogP contribution in [0.1, 0.15) is 11.1 Å². The van der Waals surface area contributed by atoms with Gasteiger partial charge in [0, 0.05) is 18.9 Å². The van der Waals surface area contributed by atoms with E-state index in [-0.39, 0.29) is 0 Å². The van der Waals surface area contributed by atoms with Gasteiger partial charge in [-0.15, -0.1) is 0 Å². The monoisotopic (exact) mass is 187 g/mol. The highest BCUT2D eigenvalue weighted by atomic mass is 15.3. The molecule has 0 amide bonds. The Hall–Kier alpha value is -1.61. The average molecular weight is 187 g/mol. The molecule has 1 aromatic carbocycles. The molecule has 0 aliphatic heterocycles. The number of aromatic nitrogens is 2. The Morgan fingerprint density at radius 3 is 2.43 bits per heavy atom. The molecule has 0 aliphatic carbocycles. The third-order valence-corrected chi connectivity index (χ3v) is 2.16. The van der Waals surface area contributed by atoms with E-state index in [9.17, 15) is 0 Å². The molecule has 0 aliphatic rings. The number of hydrogen-bond donors (Lipinski definition) is 1. The fourth-order valence-corrected chi connectivity index (χ4v) is 1.36. The van der Waals surface area contributed by atoms with E-state index in [2.05, 4.69) is 29.4 Å². The van der Waals surface area contributed by atoms with Gasteiger partial charge in [-0.05, 0) is 17.2 Å². The minimum atomic E-state index is 0.599. The van der Waals surface area contributed by atoms with E-state index in [1.807, 2.05) is 16.9 Å². The molecule has 0 unspecified atom stereocenters. The summed E-state index contributed by atoms with van der Waals surface area (Å²) in [4.78, 5) is 0. The van der Waals surface area contributed by atoms with Gasteiger partial charge in [-0.1, -0.05) is 24.3 Å². The molecule has 0 saturated heterocycles. The quantitative estimate of drug-likeness (QED) is 0.789. The van der Waals surface area contributed by atoms with Crippen LogP contribution in [0, 0.1) is 0 Å². The fourth-order valence-electron chi connectivity index (χ4n) is 1.36. The summed E-state index contributed by atoms with van der Waals surface area (Å²) in [7, 11) is 0.